The van der Waals surface area contributed by atoms with Crippen molar-refractivity contribution in [3.63, 3.8) is 0 Å². The van der Waals surface area contributed by atoms with Crippen LogP contribution in [0.2, 0.25) is 0 Å². The van der Waals surface area contributed by atoms with Crippen molar-refractivity contribution in [2.75, 3.05) is 13.1 Å². The van der Waals surface area contributed by atoms with Crippen LogP contribution in [0.1, 0.15) is 25.7 Å². The van der Waals surface area contributed by atoms with Crippen LogP contribution in [-0.4, -0.2) is 35.7 Å². The number of nitrogens with two attached hydrogens (primary N) is 1. The second-order valence-corrected chi connectivity index (χ2v) is 7.64. The molecule has 1 aliphatic heterocycles. The molecule has 0 spiro atoms. The van der Waals surface area contributed by atoms with Crippen molar-refractivity contribution < 1.29 is 8.42 Å². The maximum atomic E-state index is 11.4. The summed E-state index contributed by atoms with van der Waals surface area (Å²) in [7, 11) is -3.37. The number of halogens is 1. The van der Waals surface area contributed by atoms with Gasteiger partial charge in [-0.3, -0.25) is 4.90 Å². The molecule has 2 atom stereocenters. The Hall–Kier alpha value is 0.600. The smallest absolute Gasteiger partial charge is 0.214 e. The standard InChI is InChI=1S/C9H17IN2O2S/c10-9-8(15(11,13)14)2-1-5-12(9)6-7-3-4-7/h7-9H,1-6H2,(H2,11,13,14). The summed E-state index contributed by atoms with van der Waals surface area (Å²) in [5, 5.41) is 4.88. The maximum Gasteiger partial charge on any atom is 0.214 e. The summed E-state index contributed by atoms with van der Waals surface area (Å²) in [5.41, 5.74) is 0. The van der Waals surface area contributed by atoms with Crippen LogP contribution in [-0.2, 0) is 10.0 Å². The number of sulfonamides is 1. The number of likely N-dealkylation sites (tertiary alicyclic amines) is 1. The summed E-state index contributed by atoms with van der Waals surface area (Å²) in [5.74, 6) is 0.807. The third kappa shape index (κ3) is 3.04. The van der Waals surface area contributed by atoms with Gasteiger partial charge in [0.15, 0.2) is 0 Å². The molecule has 0 aromatic carbocycles. The number of rotatable bonds is 3. The number of piperidine rings is 1. The van der Waals surface area contributed by atoms with Crippen LogP contribution < -0.4 is 5.14 Å². The normalized spacial score (nSPS) is 34.3. The lowest BCUT2D eigenvalue weighted by Crippen LogP contribution is -2.50. The average molecular weight is 344 g/mol. The zero-order valence-electron chi connectivity index (χ0n) is 8.60. The van der Waals surface area contributed by atoms with Crippen LogP contribution in [0.25, 0.3) is 0 Å². The first-order chi connectivity index (χ1) is 6.98. The summed E-state index contributed by atoms with van der Waals surface area (Å²) in [6.45, 7) is 2.08. The maximum absolute atomic E-state index is 11.4. The number of alkyl halides is 1. The van der Waals surface area contributed by atoms with Crippen molar-refractivity contribution >= 4 is 32.6 Å². The molecular weight excluding hydrogens is 327 g/mol. The summed E-state index contributed by atoms with van der Waals surface area (Å²) in [6.07, 6.45) is 4.28. The van der Waals surface area contributed by atoms with Crippen molar-refractivity contribution in [2.45, 2.75) is 35.0 Å². The van der Waals surface area contributed by atoms with Gasteiger partial charge in [0.2, 0.25) is 10.0 Å². The van der Waals surface area contributed by atoms with Gasteiger partial charge in [0.25, 0.3) is 0 Å². The molecule has 6 heteroatoms. The molecule has 2 rings (SSSR count). The number of nitrogens with zero attached hydrogens (tertiary/aromatic N) is 1. The Morgan fingerprint density at radius 1 is 1.33 bits per heavy atom. The van der Waals surface area contributed by atoms with Crippen LogP contribution in [0.4, 0.5) is 0 Å². The van der Waals surface area contributed by atoms with Gasteiger partial charge in [-0.2, -0.15) is 0 Å². The van der Waals surface area contributed by atoms with E-state index in [-0.39, 0.29) is 9.30 Å². The lowest BCUT2D eigenvalue weighted by Gasteiger charge is -2.36. The predicted octanol–water partition coefficient (Wildman–Crippen LogP) is 0.910. The van der Waals surface area contributed by atoms with Gasteiger partial charge < -0.3 is 0 Å². The SMILES string of the molecule is NS(=O)(=O)C1CCCN(CC2CC2)C1I. The van der Waals surface area contributed by atoms with E-state index in [2.05, 4.69) is 27.5 Å². The first-order valence-corrected chi connectivity index (χ1v) is 8.24. The molecule has 0 bridgehead atoms. The van der Waals surface area contributed by atoms with E-state index in [9.17, 15) is 8.42 Å². The second kappa shape index (κ2) is 4.46. The van der Waals surface area contributed by atoms with Crippen LogP contribution in [0.3, 0.4) is 0 Å². The molecule has 0 aromatic rings. The monoisotopic (exact) mass is 344 g/mol. The minimum Gasteiger partial charge on any atom is -0.290 e. The lowest BCUT2D eigenvalue weighted by molar-refractivity contribution is 0.210. The molecule has 15 heavy (non-hydrogen) atoms. The van der Waals surface area contributed by atoms with E-state index < -0.39 is 10.0 Å². The topological polar surface area (TPSA) is 63.4 Å². The highest BCUT2D eigenvalue weighted by Gasteiger charge is 2.38. The molecule has 0 radical (unpaired) electrons. The van der Waals surface area contributed by atoms with Gasteiger partial charge in [-0.15, -0.1) is 0 Å². The van der Waals surface area contributed by atoms with Gasteiger partial charge in [-0.25, -0.2) is 13.6 Å². The Balaban J connectivity index is 2.02. The van der Waals surface area contributed by atoms with E-state index in [1.165, 1.54) is 12.8 Å². The van der Waals surface area contributed by atoms with Gasteiger partial charge in [-0.05, 0) is 38.1 Å². The van der Waals surface area contributed by atoms with Crippen molar-refractivity contribution in [1.82, 2.24) is 4.90 Å². The summed E-state index contributed by atoms with van der Waals surface area (Å²) in [6, 6.07) is 0. The summed E-state index contributed by atoms with van der Waals surface area (Å²) in [4.78, 5) is 2.29. The minimum absolute atomic E-state index is 0.0620. The van der Waals surface area contributed by atoms with Gasteiger partial charge in [0.05, 0.1) is 9.30 Å². The zero-order valence-corrected chi connectivity index (χ0v) is 11.6. The molecule has 0 aromatic heterocycles. The third-order valence-electron chi connectivity index (χ3n) is 3.20. The molecule has 2 unspecified atom stereocenters. The van der Waals surface area contributed by atoms with E-state index in [1.54, 1.807) is 0 Å². The fourth-order valence-corrected chi connectivity index (χ4v) is 5.21. The molecule has 2 N–H and O–H groups in total. The second-order valence-electron chi connectivity index (χ2n) is 4.58. The molecule has 1 heterocycles. The highest BCUT2D eigenvalue weighted by Crippen LogP contribution is 2.34. The minimum atomic E-state index is -3.37. The average Bonchev–Trinajstić information content (AvgIpc) is 2.90. The molecule has 88 valence electrons. The van der Waals surface area contributed by atoms with E-state index in [4.69, 9.17) is 5.14 Å². The molecule has 0 amide bonds. The van der Waals surface area contributed by atoms with Gasteiger partial charge in [0, 0.05) is 6.54 Å². The number of hydrogen-bond acceptors (Lipinski definition) is 3. The van der Waals surface area contributed by atoms with Crippen molar-refractivity contribution in [2.24, 2.45) is 11.1 Å². The van der Waals surface area contributed by atoms with Crippen molar-refractivity contribution in [3.05, 3.63) is 0 Å². The summed E-state index contributed by atoms with van der Waals surface area (Å²) < 4.78 is 22.8. The first kappa shape index (κ1) is 12.1. The predicted molar refractivity (Wildman–Crippen MR) is 68.2 cm³/mol. The summed E-state index contributed by atoms with van der Waals surface area (Å²) >= 11 is 2.23. The van der Waals surface area contributed by atoms with Crippen molar-refractivity contribution in [1.29, 1.82) is 0 Å². The molecular formula is C9H17IN2O2S. The molecule has 1 saturated heterocycles. The van der Waals surface area contributed by atoms with Crippen LogP contribution >= 0.6 is 22.6 Å². The molecule has 1 aliphatic carbocycles. The van der Waals surface area contributed by atoms with E-state index in [1.807, 2.05) is 0 Å². The fourth-order valence-electron chi connectivity index (χ4n) is 2.14. The van der Waals surface area contributed by atoms with Crippen LogP contribution in [0.15, 0.2) is 0 Å². The van der Waals surface area contributed by atoms with Crippen molar-refractivity contribution in [3.8, 4) is 0 Å². The van der Waals surface area contributed by atoms with E-state index >= 15 is 0 Å². The van der Waals surface area contributed by atoms with Gasteiger partial charge >= 0.3 is 0 Å². The molecule has 2 aliphatic rings. The largest absolute Gasteiger partial charge is 0.290 e. The lowest BCUT2D eigenvalue weighted by atomic mass is 10.1. The van der Waals surface area contributed by atoms with Gasteiger partial charge in [0.1, 0.15) is 0 Å². The fraction of sp³-hybridized carbons (Fsp3) is 1.00. The number of primary sulfonamides is 1. The van der Waals surface area contributed by atoms with Crippen LogP contribution in [0, 0.1) is 5.92 Å². The van der Waals surface area contributed by atoms with Crippen LogP contribution in [0.5, 0.6) is 0 Å². The molecule has 2 fully saturated rings. The number of hydrogen-bond donors (Lipinski definition) is 1. The Morgan fingerprint density at radius 3 is 2.53 bits per heavy atom. The molecule has 4 nitrogen and oxygen atoms in total. The quantitative estimate of drug-likeness (QED) is 0.470. The Bertz CT molecular complexity index is 329. The third-order valence-corrected chi connectivity index (χ3v) is 6.68. The van der Waals surface area contributed by atoms with E-state index in [0.29, 0.717) is 6.42 Å². The molecule has 1 saturated carbocycles. The Kier molecular flexibility index (Phi) is 3.59. The highest BCUT2D eigenvalue weighted by atomic mass is 127. The Labute approximate surface area is 105 Å². The Morgan fingerprint density at radius 2 is 2.00 bits per heavy atom. The first-order valence-electron chi connectivity index (χ1n) is 5.38. The highest BCUT2D eigenvalue weighted by molar-refractivity contribution is 14.1. The van der Waals surface area contributed by atoms with Gasteiger partial charge in [-0.1, -0.05) is 22.6 Å². The van der Waals surface area contributed by atoms with E-state index in [0.717, 1.165) is 25.4 Å². The zero-order chi connectivity index (χ0) is 11.1.